The Hall–Kier alpha value is -0.960. The van der Waals surface area contributed by atoms with E-state index in [-0.39, 0.29) is 0 Å². The lowest BCUT2D eigenvalue weighted by atomic mass is 10.0. The summed E-state index contributed by atoms with van der Waals surface area (Å²) in [6.07, 6.45) is 0. The minimum Gasteiger partial charge on any atom is -0.480 e. The molecule has 1 N–H and O–H groups in total. The highest BCUT2D eigenvalue weighted by molar-refractivity contribution is 8.00. The number of hydrogen-bond acceptors (Lipinski definition) is 2. The van der Waals surface area contributed by atoms with Gasteiger partial charge in [0.25, 0.3) is 0 Å². The molecular weight excluding hydrogens is 208 g/mol. The summed E-state index contributed by atoms with van der Waals surface area (Å²) in [5, 5.41) is 8.37. The second kappa shape index (κ2) is 5.21. The minimum absolute atomic E-state index is 0.394. The topological polar surface area (TPSA) is 37.3 Å². The Morgan fingerprint density at radius 2 is 1.73 bits per heavy atom. The van der Waals surface area contributed by atoms with Gasteiger partial charge in [0.1, 0.15) is 5.25 Å². The number of carboxylic acid groups (broad SMARTS) is 1. The predicted octanol–water partition coefficient (Wildman–Crippen LogP) is 3.38. The van der Waals surface area contributed by atoms with E-state index in [9.17, 15) is 4.79 Å². The summed E-state index contributed by atoms with van der Waals surface area (Å²) in [6.45, 7) is 5.98. The fourth-order valence-electron chi connectivity index (χ4n) is 1.19. The van der Waals surface area contributed by atoms with Crippen LogP contribution in [-0.2, 0) is 4.79 Å². The van der Waals surface area contributed by atoms with Crippen molar-refractivity contribution in [3.8, 4) is 0 Å². The van der Waals surface area contributed by atoms with Crippen LogP contribution in [-0.4, -0.2) is 16.3 Å². The summed E-state index contributed by atoms with van der Waals surface area (Å²) >= 11 is 1.37. The summed E-state index contributed by atoms with van der Waals surface area (Å²) in [5.74, 6) is -0.256. The van der Waals surface area contributed by atoms with Gasteiger partial charge >= 0.3 is 5.97 Å². The molecule has 0 saturated heterocycles. The van der Waals surface area contributed by atoms with Crippen LogP contribution in [0.15, 0.2) is 29.2 Å². The molecule has 1 aromatic rings. The lowest BCUT2D eigenvalue weighted by molar-refractivity contribution is -0.136. The van der Waals surface area contributed by atoms with E-state index in [2.05, 4.69) is 26.0 Å². The second-order valence-corrected chi connectivity index (χ2v) is 5.24. The Bertz CT molecular complexity index is 330. The summed E-state index contributed by atoms with van der Waals surface area (Å²) in [7, 11) is 0. The summed E-state index contributed by atoms with van der Waals surface area (Å²) < 4.78 is 0. The zero-order chi connectivity index (χ0) is 11.4. The molecule has 0 aliphatic carbocycles. The smallest absolute Gasteiger partial charge is 0.316 e. The Morgan fingerprint density at radius 3 is 2.13 bits per heavy atom. The highest BCUT2D eigenvalue weighted by atomic mass is 32.2. The largest absolute Gasteiger partial charge is 0.480 e. The van der Waals surface area contributed by atoms with Crippen molar-refractivity contribution in [2.75, 3.05) is 0 Å². The van der Waals surface area contributed by atoms with E-state index in [0.717, 1.165) is 4.90 Å². The van der Waals surface area contributed by atoms with Crippen LogP contribution in [0.1, 0.15) is 32.3 Å². The number of aliphatic carboxylic acids is 1. The molecule has 15 heavy (non-hydrogen) atoms. The molecule has 0 heterocycles. The summed E-state index contributed by atoms with van der Waals surface area (Å²) in [6, 6.07) is 8.09. The zero-order valence-corrected chi connectivity index (χ0v) is 10.0. The van der Waals surface area contributed by atoms with Gasteiger partial charge in [-0.05, 0) is 30.5 Å². The molecule has 0 saturated carbocycles. The lowest BCUT2D eigenvalue weighted by Gasteiger charge is -2.08. The molecule has 0 unspecified atom stereocenters. The van der Waals surface area contributed by atoms with Gasteiger partial charge in [-0.2, -0.15) is 0 Å². The van der Waals surface area contributed by atoms with Crippen LogP contribution in [0.5, 0.6) is 0 Å². The van der Waals surface area contributed by atoms with E-state index in [1.165, 1.54) is 17.3 Å². The average molecular weight is 224 g/mol. The third-order valence-electron chi connectivity index (χ3n) is 2.21. The van der Waals surface area contributed by atoms with Crippen molar-refractivity contribution in [1.82, 2.24) is 0 Å². The van der Waals surface area contributed by atoms with E-state index in [1.807, 2.05) is 12.1 Å². The maximum absolute atomic E-state index is 10.7. The number of rotatable bonds is 4. The Labute approximate surface area is 94.7 Å². The van der Waals surface area contributed by atoms with Gasteiger partial charge in [-0.25, -0.2) is 0 Å². The maximum Gasteiger partial charge on any atom is 0.316 e. The Kier molecular flexibility index (Phi) is 4.21. The predicted molar refractivity (Wildman–Crippen MR) is 63.5 cm³/mol. The average Bonchev–Trinajstić information content (AvgIpc) is 2.18. The minimum atomic E-state index is -0.770. The first kappa shape index (κ1) is 12.1. The molecule has 82 valence electrons. The highest BCUT2D eigenvalue weighted by Crippen LogP contribution is 2.25. The van der Waals surface area contributed by atoms with Gasteiger partial charge in [-0.3, -0.25) is 4.79 Å². The first-order chi connectivity index (χ1) is 7.00. The lowest BCUT2D eigenvalue weighted by Crippen LogP contribution is -2.10. The fraction of sp³-hybridized carbons (Fsp3) is 0.417. The van der Waals surface area contributed by atoms with Gasteiger partial charge in [-0.15, -0.1) is 11.8 Å². The Morgan fingerprint density at radius 1 is 1.20 bits per heavy atom. The van der Waals surface area contributed by atoms with Crippen molar-refractivity contribution in [2.45, 2.75) is 36.8 Å². The standard InChI is InChI=1S/C12H16O2S/c1-8(2)10-4-6-11(7-5-10)15-9(3)12(13)14/h4-9H,1-3H3,(H,13,14)/t9-/m1/s1. The molecule has 0 aliphatic heterocycles. The second-order valence-electron chi connectivity index (χ2n) is 3.82. The van der Waals surface area contributed by atoms with Crippen molar-refractivity contribution >= 4 is 17.7 Å². The van der Waals surface area contributed by atoms with Gasteiger partial charge in [-0.1, -0.05) is 26.0 Å². The van der Waals surface area contributed by atoms with Gasteiger partial charge < -0.3 is 5.11 Å². The zero-order valence-electron chi connectivity index (χ0n) is 9.23. The van der Waals surface area contributed by atoms with Crippen molar-refractivity contribution in [1.29, 1.82) is 0 Å². The third kappa shape index (κ3) is 3.59. The van der Waals surface area contributed by atoms with E-state index < -0.39 is 11.2 Å². The maximum atomic E-state index is 10.7. The molecule has 0 spiro atoms. The molecule has 0 fully saturated rings. The van der Waals surface area contributed by atoms with Crippen molar-refractivity contribution < 1.29 is 9.90 Å². The monoisotopic (exact) mass is 224 g/mol. The summed E-state index contributed by atoms with van der Waals surface area (Å²) in [5.41, 5.74) is 1.28. The normalized spacial score (nSPS) is 12.8. The SMILES string of the molecule is CC(C)c1ccc(S[C@H](C)C(=O)O)cc1. The van der Waals surface area contributed by atoms with Crippen LogP contribution in [0.4, 0.5) is 0 Å². The number of carbonyl (C=O) groups is 1. The van der Waals surface area contributed by atoms with Crippen LogP contribution in [0.2, 0.25) is 0 Å². The molecule has 3 heteroatoms. The molecule has 0 bridgehead atoms. The van der Waals surface area contributed by atoms with E-state index in [0.29, 0.717) is 5.92 Å². The van der Waals surface area contributed by atoms with Crippen molar-refractivity contribution in [3.63, 3.8) is 0 Å². The molecule has 1 aromatic carbocycles. The first-order valence-electron chi connectivity index (χ1n) is 5.00. The number of benzene rings is 1. The molecular formula is C12H16O2S. The van der Waals surface area contributed by atoms with E-state index in [1.54, 1.807) is 6.92 Å². The molecule has 2 nitrogen and oxygen atoms in total. The van der Waals surface area contributed by atoms with E-state index in [4.69, 9.17) is 5.11 Å². The number of carboxylic acids is 1. The quantitative estimate of drug-likeness (QED) is 0.797. The number of hydrogen-bond donors (Lipinski definition) is 1. The van der Waals surface area contributed by atoms with Crippen LogP contribution in [0.25, 0.3) is 0 Å². The fourth-order valence-corrected chi connectivity index (χ4v) is 1.99. The number of thioether (sulfide) groups is 1. The molecule has 0 aromatic heterocycles. The van der Waals surface area contributed by atoms with Crippen molar-refractivity contribution in [3.05, 3.63) is 29.8 Å². The Balaban J connectivity index is 2.68. The molecule has 0 aliphatic rings. The molecule has 0 radical (unpaired) electrons. The highest BCUT2D eigenvalue weighted by Gasteiger charge is 2.12. The van der Waals surface area contributed by atoms with Gasteiger partial charge in [0.15, 0.2) is 0 Å². The third-order valence-corrected chi connectivity index (χ3v) is 3.31. The van der Waals surface area contributed by atoms with Gasteiger partial charge in [0.2, 0.25) is 0 Å². The van der Waals surface area contributed by atoms with Crippen LogP contribution in [0, 0.1) is 0 Å². The summed E-state index contributed by atoms with van der Waals surface area (Å²) in [4.78, 5) is 11.7. The molecule has 0 amide bonds. The molecule has 1 rings (SSSR count). The van der Waals surface area contributed by atoms with Crippen LogP contribution in [0.3, 0.4) is 0 Å². The van der Waals surface area contributed by atoms with Gasteiger partial charge in [0, 0.05) is 4.90 Å². The molecule has 1 atom stereocenters. The van der Waals surface area contributed by atoms with Crippen molar-refractivity contribution in [2.24, 2.45) is 0 Å². The van der Waals surface area contributed by atoms with E-state index >= 15 is 0 Å². The van der Waals surface area contributed by atoms with Crippen LogP contribution < -0.4 is 0 Å². The first-order valence-corrected chi connectivity index (χ1v) is 5.88. The van der Waals surface area contributed by atoms with Crippen LogP contribution >= 0.6 is 11.8 Å². The van der Waals surface area contributed by atoms with Gasteiger partial charge in [0.05, 0.1) is 0 Å².